The van der Waals surface area contributed by atoms with Gasteiger partial charge < -0.3 is 14.2 Å². The normalized spacial score (nSPS) is 15.6. The van der Waals surface area contributed by atoms with Crippen molar-refractivity contribution in [2.45, 2.75) is 20.0 Å². The second-order valence-corrected chi connectivity index (χ2v) is 7.40. The molecule has 0 aliphatic carbocycles. The molecule has 1 aliphatic rings. The Kier molecular flexibility index (Phi) is 3.56. The second-order valence-electron chi connectivity index (χ2n) is 7.40. The quantitative estimate of drug-likeness (QED) is 0.367. The molecule has 0 N–H and O–H groups in total. The molecule has 0 saturated heterocycles. The molecule has 0 radical (unpaired) electrons. The Hall–Kier alpha value is -3.96. The van der Waals surface area contributed by atoms with Crippen LogP contribution in [-0.4, -0.2) is 13.2 Å². The molecule has 1 aromatic heterocycles. The molecule has 0 spiro atoms. The predicted molar refractivity (Wildman–Crippen MR) is 116 cm³/mol. The van der Waals surface area contributed by atoms with Crippen molar-refractivity contribution in [1.82, 2.24) is 0 Å². The van der Waals surface area contributed by atoms with Crippen molar-refractivity contribution in [3.63, 3.8) is 0 Å². The fraction of sp³-hybridized carbons (Fsp3) is 0.167. The van der Waals surface area contributed by atoms with E-state index >= 15 is 0 Å². The molecule has 0 bridgehead atoms. The molecule has 4 aromatic rings. The number of rotatable bonds is 1. The van der Waals surface area contributed by atoms with Gasteiger partial charge in [0, 0.05) is 29.6 Å². The van der Waals surface area contributed by atoms with Crippen LogP contribution in [0.15, 0.2) is 52.9 Å². The fourth-order valence-corrected chi connectivity index (χ4v) is 4.34. The number of aryl methyl sites for hydroxylation is 1. The molecule has 29 heavy (non-hydrogen) atoms. The van der Waals surface area contributed by atoms with Crippen molar-refractivity contribution in [3.8, 4) is 6.07 Å². The summed E-state index contributed by atoms with van der Waals surface area (Å²) in [6.45, 7) is 11.8. The Balaban J connectivity index is 1.80. The number of hydrogen-bond acceptors (Lipinski definition) is 4. The molecule has 5 rings (SSSR count). The maximum Gasteiger partial charge on any atom is 0.212 e. The number of hydrogen-bond donors (Lipinski definition) is 0. The van der Waals surface area contributed by atoms with Gasteiger partial charge >= 0.3 is 0 Å². The zero-order valence-corrected chi connectivity index (χ0v) is 16.4. The zero-order valence-electron chi connectivity index (χ0n) is 16.4. The van der Waals surface area contributed by atoms with Gasteiger partial charge in [0.1, 0.15) is 23.4 Å². The third-order valence-corrected chi connectivity index (χ3v) is 5.85. The lowest BCUT2D eigenvalue weighted by Gasteiger charge is -2.29. The highest BCUT2D eigenvalue weighted by molar-refractivity contribution is 6.07. The van der Waals surface area contributed by atoms with Crippen LogP contribution in [0.3, 0.4) is 0 Å². The van der Waals surface area contributed by atoms with Gasteiger partial charge in [-0.2, -0.15) is 5.26 Å². The number of furan rings is 1. The lowest BCUT2D eigenvalue weighted by molar-refractivity contribution is 0.668. The molecular formula is C24H18N4O. The van der Waals surface area contributed by atoms with Gasteiger partial charge in [0.2, 0.25) is 5.69 Å². The molecule has 0 unspecified atom stereocenters. The maximum absolute atomic E-state index is 9.62. The summed E-state index contributed by atoms with van der Waals surface area (Å²) in [4.78, 5) is 7.94. The predicted octanol–water partition coefficient (Wildman–Crippen LogP) is 6.25. The topological polar surface area (TPSA) is 47.8 Å². The first-order valence-corrected chi connectivity index (χ1v) is 9.43. The molecule has 140 valence electrons. The summed E-state index contributed by atoms with van der Waals surface area (Å²) >= 11 is 0. The average molecular weight is 378 g/mol. The van der Waals surface area contributed by atoms with E-state index in [9.17, 15) is 5.26 Å². The van der Waals surface area contributed by atoms with Crippen molar-refractivity contribution < 1.29 is 4.42 Å². The first-order chi connectivity index (χ1) is 14.0. The van der Waals surface area contributed by atoms with Crippen molar-refractivity contribution in [1.29, 1.82) is 5.26 Å². The van der Waals surface area contributed by atoms with Gasteiger partial charge in [-0.1, -0.05) is 30.3 Å². The molecule has 0 fully saturated rings. The average Bonchev–Trinajstić information content (AvgIpc) is 3.22. The van der Waals surface area contributed by atoms with E-state index in [1.54, 1.807) is 12.1 Å². The largest absolute Gasteiger partial charge is 0.456 e. The van der Waals surface area contributed by atoms with Gasteiger partial charge in [-0.05, 0) is 31.5 Å². The second kappa shape index (κ2) is 6.02. The molecule has 5 nitrogen and oxygen atoms in total. The first-order valence-electron chi connectivity index (χ1n) is 9.43. The lowest BCUT2D eigenvalue weighted by atomic mass is 10.1. The number of benzene rings is 3. The minimum atomic E-state index is -0.0412. The molecular weight excluding hydrogens is 360 g/mol. The van der Waals surface area contributed by atoms with E-state index in [1.165, 1.54) is 0 Å². The monoisotopic (exact) mass is 378 g/mol. The standard InChI is InChI=1S/C24H18N4O/c1-14-11-18-17-7-5-6-8-21(17)29-22(18)12-20(14)28-15(2)27(4)23-16(13-25)9-10-19(26-3)24(23)28/h5-12,15H,1-2,4H3/t15-/m0/s1. The van der Waals surface area contributed by atoms with E-state index in [-0.39, 0.29) is 6.17 Å². The SMILES string of the molecule is [C-]#[N+]c1ccc(C#N)c2c1N(c1cc3oc4ccccc4c3cc1C)[C@@H](C)N2C. The van der Waals surface area contributed by atoms with Crippen LogP contribution in [0.5, 0.6) is 0 Å². The van der Waals surface area contributed by atoms with Crippen LogP contribution in [0.25, 0.3) is 26.8 Å². The van der Waals surface area contributed by atoms with E-state index < -0.39 is 0 Å². The highest BCUT2D eigenvalue weighted by atomic mass is 16.3. The van der Waals surface area contributed by atoms with E-state index in [0.29, 0.717) is 11.3 Å². The molecule has 1 aliphatic heterocycles. The van der Waals surface area contributed by atoms with Gasteiger partial charge in [-0.25, -0.2) is 4.85 Å². The van der Waals surface area contributed by atoms with Gasteiger partial charge in [-0.3, -0.25) is 0 Å². The van der Waals surface area contributed by atoms with E-state index in [0.717, 1.165) is 44.6 Å². The van der Waals surface area contributed by atoms with Gasteiger partial charge in [0.25, 0.3) is 0 Å². The third kappa shape index (κ3) is 2.25. The van der Waals surface area contributed by atoms with Crippen LogP contribution < -0.4 is 9.80 Å². The van der Waals surface area contributed by atoms with E-state index in [4.69, 9.17) is 11.0 Å². The molecule has 1 atom stereocenters. The number of para-hydroxylation sites is 1. The number of fused-ring (bicyclic) bond motifs is 4. The summed E-state index contributed by atoms with van der Waals surface area (Å²) in [5.74, 6) is 0. The summed E-state index contributed by atoms with van der Waals surface area (Å²) < 4.78 is 6.11. The summed E-state index contributed by atoms with van der Waals surface area (Å²) in [6.07, 6.45) is -0.0412. The Labute approximate surface area is 168 Å². The minimum absolute atomic E-state index is 0.0412. The van der Waals surface area contributed by atoms with Gasteiger partial charge in [-0.15, -0.1) is 0 Å². The highest BCUT2D eigenvalue weighted by Crippen LogP contribution is 2.51. The fourth-order valence-electron chi connectivity index (χ4n) is 4.34. The molecule has 0 saturated carbocycles. The lowest BCUT2D eigenvalue weighted by Crippen LogP contribution is -2.36. The molecule has 5 heteroatoms. The van der Waals surface area contributed by atoms with Crippen molar-refractivity contribution >= 4 is 44.7 Å². The third-order valence-electron chi connectivity index (χ3n) is 5.85. The number of nitriles is 1. The van der Waals surface area contributed by atoms with Crippen molar-refractivity contribution in [2.24, 2.45) is 0 Å². The minimum Gasteiger partial charge on any atom is -0.456 e. The first kappa shape index (κ1) is 17.2. The number of nitrogens with zero attached hydrogens (tertiary/aromatic N) is 4. The van der Waals surface area contributed by atoms with Crippen LogP contribution in [0.1, 0.15) is 18.1 Å². The molecule has 2 heterocycles. The summed E-state index contributed by atoms with van der Waals surface area (Å²) in [5.41, 5.74) is 6.46. The van der Waals surface area contributed by atoms with Crippen LogP contribution >= 0.6 is 0 Å². The number of anilines is 3. The van der Waals surface area contributed by atoms with E-state index in [2.05, 4.69) is 52.8 Å². The summed E-state index contributed by atoms with van der Waals surface area (Å²) in [7, 11) is 1.97. The highest BCUT2D eigenvalue weighted by Gasteiger charge is 2.36. The van der Waals surface area contributed by atoms with Crippen LogP contribution in [0, 0.1) is 24.8 Å². The van der Waals surface area contributed by atoms with Gasteiger partial charge in [0.15, 0.2) is 0 Å². The summed E-state index contributed by atoms with van der Waals surface area (Å²) in [5, 5.41) is 11.8. The van der Waals surface area contributed by atoms with Gasteiger partial charge in [0.05, 0.1) is 23.5 Å². The van der Waals surface area contributed by atoms with E-state index in [1.807, 2.05) is 25.2 Å². The maximum atomic E-state index is 9.62. The van der Waals surface area contributed by atoms with Crippen LogP contribution in [0.2, 0.25) is 0 Å². The Morgan fingerprint density at radius 1 is 1.07 bits per heavy atom. The zero-order chi connectivity index (χ0) is 20.3. The molecule has 0 amide bonds. The molecule has 3 aromatic carbocycles. The van der Waals surface area contributed by atoms with Crippen LogP contribution in [0.4, 0.5) is 22.7 Å². The Morgan fingerprint density at radius 2 is 1.86 bits per heavy atom. The smallest absolute Gasteiger partial charge is 0.212 e. The Bertz CT molecular complexity index is 1390. The summed E-state index contributed by atoms with van der Waals surface area (Å²) in [6, 6.07) is 18.0. The van der Waals surface area contributed by atoms with Crippen molar-refractivity contribution in [2.75, 3.05) is 16.8 Å². The Morgan fingerprint density at radius 3 is 2.62 bits per heavy atom. The van der Waals surface area contributed by atoms with Crippen LogP contribution in [-0.2, 0) is 0 Å². The van der Waals surface area contributed by atoms with Crippen molar-refractivity contribution in [3.05, 3.63) is 71.1 Å².